The minimum atomic E-state index is -4.08. The Morgan fingerprint density at radius 1 is 0.850 bits per heavy atom. The van der Waals surface area contributed by atoms with Crippen LogP contribution >= 0.6 is 0 Å². The van der Waals surface area contributed by atoms with Crippen molar-refractivity contribution in [3.8, 4) is 23.0 Å². The van der Waals surface area contributed by atoms with Gasteiger partial charge in [-0.15, -0.1) is 0 Å². The molecule has 0 saturated carbocycles. The summed E-state index contributed by atoms with van der Waals surface area (Å²) in [5.74, 6) is 1.34. The predicted molar refractivity (Wildman–Crippen MR) is 151 cm³/mol. The summed E-state index contributed by atoms with van der Waals surface area (Å²) in [6, 6.07) is 18.7. The summed E-state index contributed by atoms with van der Waals surface area (Å²) in [6.07, 6.45) is 0.784. The quantitative estimate of drug-likeness (QED) is 0.255. The maximum Gasteiger partial charge on any atom is 0.338 e. The highest BCUT2D eigenvalue weighted by Crippen LogP contribution is 2.38. The molecule has 218 valence electrons. The van der Waals surface area contributed by atoms with Gasteiger partial charge in [0.2, 0.25) is 5.75 Å². The van der Waals surface area contributed by atoms with Gasteiger partial charge in [0.25, 0.3) is 10.1 Å². The van der Waals surface area contributed by atoms with Crippen LogP contribution in [0.5, 0.6) is 23.0 Å². The number of carbonyl (C=O) groups is 1. The average molecular weight is 576 g/mol. The zero-order valence-electron chi connectivity index (χ0n) is 23.8. The van der Waals surface area contributed by atoms with Gasteiger partial charge < -0.3 is 23.7 Å². The van der Waals surface area contributed by atoms with Crippen molar-refractivity contribution >= 4 is 16.1 Å². The van der Waals surface area contributed by atoms with Crippen LogP contribution in [0.1, 0.15) is 29.3 Å². The Bertz CT molecular complexity index is 1320. The van der Waals surface area contributed by atoms with Crippen molar-refractivity contribution < 1.29 is 41.4 Å². The Morgan fingerprint density at radius 3 is 1.80 bits per heavy atom. The molecule has 40 heavy (non-hydrogen) atoms. The van der Waals surface area contributed by atoms with E-state index in [4.69, 9.17) is 28.2 Å². The van der Waals surface area contributed by atoms with Crippen LogP contribution in [-0.2, 0) is 20.4 Å². The lowest BCUT2D eigenvalue weighted by Crippen LogP contribution is -2.45. The van der Waals surface area contributed by atoms with Gasteiger partial charge in [-0.25, -0.2) is 4.79 Å². The smallest absolute Gasteiger partial charge is 0.338 e. The van der Waals surface area contributed by atoms with E-state index in [-0.39, 0.29) is 11.5 Å². The van der Waals surface area contributed by atoms with Crippen LogP contribution < -0.4 is 18.9 Å². The lowest BCUT2D eigenvalue weighted by molar-refractivity contribution is 0.0119. The van der Waals surface area contributed by atoms with E-state index >= 15 is 0 Å². The molecular formula is C29H37NO9S. The molecule has 0 aliphatic carbocycles. The average Bonchev–Trinajstić information content (AvgIpc) is 2.97. The minimum absolute atomic E-state index is 0.136. The molecule has 0 radical (unpaired) electrons. The highest BCUT2D eigenvalue weighted by atomic mass is 32.2. The van der Waals surface area contributed by atoms with Gasteiger partial charge in [-0.3, -0.25) is 9.45 Å². The first-order chi connectivity index (χ1) is 19.0. The minimum Gasteiger partial charge on any atom is -0.497 e. The number of rotatable bonds is 11. The molecule has 0 bridgehead atoms. The molecule has 0 heterocycles. The first-order valence-electron chi connectivity index (χ1n) is 12.3. The second kappa shape index (κ2) is 14.5. The van der Waals surface area contributed by atoms with Crippen LogP contribution in [0.15, 0.2) is 71.6 Å². The van der Waals surface area contributed by atoms with Crippen LogP contribution in [0, 0.1) is 0 Å². The van der Waals surface area contributed by atoms with E-state index in [9.17, 15) is 13.2 Å². The molecule has 0 aliphatic heterocycles. The molecule has 10 nitrogen and oxygen atoms in total. The number of likely N-dealkylation sites (N-methyl/N-ethyl adjacent to an activating group) is 1. The van der Waals surface area contributed by atoms with Gasteiger partial charge in [0.05, 0.1) is 44.4 Å². The second-order valence-electron chi connectivity index (χ2n) is 8.79. The summed E-state index contributed by atoms with van der Waals surface area (Å²) >= 11 is 0. The molecule has 3 aromatic rings. The summed E-state index contributed by atoms with van der Waals surface area (Å²) < 4.78 is 56.2. The Hall–Kier alpha value is -3.80. The highest BCUT2D eigenvalue weighted by Gasteiger charge is 2.35. The molecule has 3 rings (SSSR count). The fourth-order valence-electron chi connectivity index (χ4n) is 4.06. The van der Waals surface area contributed by atoms with Crippen LogP contribution in [0.4, 0.5) is 0 Å². The third-order valence-electron chi connectivity index (χ3n) is 6.45. The molecule has 1 atom stereocenters. The zero-order chi connectivity index (χ0) is 29.9. The monoisotopic (exact) mass is 575 g/mol. The molecular weight excluding hydrogens is 538 g/mol. The van der Waals surface area contributed by atoms with Gasteiger partial charge in [0.15, 0.2) is 11.5 Å². The van der Waals surface area contributed by atoms with Crippen molar-refractivity contribution in [1.29, 1.82) is 0 Å². The molecule has 0 amide bonds. The first kappa shape index (κ1) is 32.4. The molecule has 0 fully saturated rings. The van der Waals surface area contributed by atoms with Crippen LogP contribution in [0.25, 0.3) is 0 Å². The third-order valence-corrected chi connectivity index (χ3v) is 7.32. The number of carbonyl (C=O) groups excluding carboxylic acids is 1. The molecule has 0 saturated heterocycles. The summed E-state index contributed by atoms with van der Waals surface area (Å²) in [5.41, 5.74) is 1.02. The van der Waals surface area contributed by atoms with Gasteiger partial charge in [0, 0.05) is 0 Å². The topological polar surface area (TPSA) is 121 Å². The third kappa shape index (κ3) is 7.87. The number of hydrogen-bond donors (Lipinski definition) is 1. The van der Waals surface area contributed by atoms with E-state index in [1.165, 1.54) is 52.7 Å². The van der Waals surface area contributed by atoms with Crippen molar-refractivity contribution in [2.45, 2.75) is 23.8 Å². The van der Waals surface area contributed by atoms with Gasteiger partial charge >= 0.3 is 5.97 Å². The number of esters is 1. The molecule has 0 spiro atoms. The van der Waals surface area contributed by atoms with E-state index in [0.717, 1.165) is 12.0 Å². The Morgan fingerprint density at radius 2 is 1.40 bits per heavy atom. The SMILES string of the molecule is CCC(COC(=O)c1cc(OC)c(OC)c(OC)c1)(c1ccccc1)N(C)C.COc1ccc(S(=O)(=O)O)cc1. The normalized spacial score (nSPS) is 12.4. The van der Waals surface area contributed by atoms with Gasteiger partial charge in [-0.2, -0.15) is 8.42 Å². The predicted octanol–water partition coefficient (Wildman–Crippen LogP) is 4.68. The standard InChI is InChI=1S/C22H29NO5.C7H8O4S/c1-7-22(23(2)3,17-11-9-8-10-12-17)15-28-21(24)16-13-18(25-4)20(27-6)19(14-16)26-5;1-11-6-2-4-7(5-3-6)12(8,9)10/h8-14H,7,15H2,1-6H3;2-5H,1H3,(H,8,9,10). The number of hydrogen-bond acceptors (Lipinski definition) is 9. The van der Waals surface area contributed by atoms with Crippen LogP contribution in [0.2, 0.25) is 0 Å². The van der Waals surface area contributed by atoms with E-state index in [2.05, 4.69) is 24.0 Å². The lowest BCUT2D eigenvalue weighted by atomic mass is 9.87. The summed E-state index contributed by atoms with van der Waals surface area (Å²) in [4.78, 5) is 14.8. The number of ether oxygens (including phenoxy) is 5. The molecule has 1 unspecified atom stereocenters. The van der Waals surface area contributed by atoms with Crippen molar-refractivity contribution in [1.82, 2.24) is 4.90 Å². The zero-order valence-corrected chi connectivity index (χ0v) is 24.7. The highest BCUT2D eigenvalue weighted by molar-refractivity contribution is 7.85. The van der Waals surface area contributed by atoms with Gasteiger partial charge in [-0.1, -0.05) is 37.3 Å². The number of nitrogens with zero attached hydrogens (tertiary/aromatic N) is 1. The van der Waals surface area contributed by atoms with E-state index in [0.29, 0.717) is 28.6 Å². The van der Waals surface area contributed by atoms with E-state index in [1.54, 1.807) is 12.1 Å². The first-order valence-corrected chi connectivity index (χ1v) is 13.7. The Kier molecular flexibility index (Phi) is 11.8. The largest absolute Gasteiger partial charge is 0.497 e. The molecule has 1 N–H and O–H groups in total. The Balaban J connectivity index is 0.000000389. The van der Waals surface area contributed by atoms with E-state index in [1.807, 2.05) is 32.3 Å². The number of methoxy groups -OCH3 is 4. The van der Waals surface area contributed by atoms with Crippen molar-refractivity contribution in [2.24, 2.45) is 0 Å². The molecule has 3 aromatic carbocycles. The Labute approximate surface area is 236 Å². The van der Waals surface area contributed by atoms with Crippen molar-refractivity contribution in [3.63, 3.8) is 0 Å². The maximum absolute atomic E-state index is 12.8. The maximum atomic E-state index is 12.8. The van der Waals surface area contributed by atoms with Crippen LogP contribution in [0.3, 0.4) is 0 Å². The van der Waals surface area contributed by atoms with Gasteiger partial charge in [0.1, 0.15) is 12.4 Å². The van der Waals surface area contributed by atoms with E-state index < -0.39 is 21.6 Å². The molecule has 11 heteroatoms. The molecule has 0 aliphatic rings. The summed E-state index contributed by atoms with van der Waals surface area (Å²) in [7, 11) is 5.91. The summed E-state index contributed by atoms with van der Waals surface area (Å²) in [6.45, 7) is 2.30. The van der Waals surface area contributed by atoms with Crippen molar-refractivity contribution in [2.75, 3.05) is 49.1 Å². The van der Waals surface area contributed by atoms with Crippen molar-refractivity contribution in [3.05, 3.63) is 77.9 Å². The van der Waals surface area contributed by atoms with Gasteiger partial charge in [-0.05, 0) is 62.5 Å². The lowest BCUT2D eigenvalue weighted by Gasteiger charge is -2.39. The molecule has 0 aromatic heterocycles. The number of benzene rings is 3. The summed E-state index contributed by atoms with van der Waals surface area (Å²) in [5, 5.41) is 0. The van der Waals surface area contributed by atoms with Crippen LogP contribution in [-0.4, -0.2) is 73.0 Å². The fourth-order valence-corrected chi connectivity index (χ4v) is 4.54. The second-order valence-corrected chi connectivity index (χ2v) is 10.2. The fraction of sp³-hybridized carbons (Fsp3) is 0.345.